The summed E-state index contributed by atoms with van der Waals surface area (Å²) < 4.78 is 12.8. The second-order valence-electron chi connectivity index (χ2n) is 6.23. The third-order valence-electron chi connectivity index (χ3n) is 3.94. The number of carbonyl (C=O) groups excluding carboxylic acids is 2. The van der Waals surface area contributed by atoms with Gasteiger partial charge in [0.25, 0.3) is 0 Å². The highest BCUT2D eigenvalue weighted by Crippen LogP contribution is 2.21. The zero-order chi connectivity index (χ0) is 18.4. The van der Waals surface area contributed by atoms with Crippen LogP contribution in [-0.2, 0) is 16.0 Å². The number of halogens is 1. The molecular formula is C20H23FN2O2. The van der Waals surface area contributed by atoms with Gasteiger partial charge in [0.05, 0.1) is 6.54 Å². The van der Waals surface area contributed by atoms with Gasteiger partial charge in [-0.1, -0.05) is 29.8 Å². The molecule has 2 aromatic carbocycles. The van der Waals surface area contributed by atoms with Crippen LogP contribution in [0.2, 0.25) is 0 Å². The van der Waals surface area contributed by atoms with Gasteiger partial charge in [0.2, 0.25) is 11.8 Å². The van der Waals surface area contributed by atoms with Crippen molar-refractivity contribution in [2.75, 3.05) is 11.9 Å². The molecule has 5 heteroatoms. The van der Waals surface area contributed by atoms with Crippen LogP contribution in [0.15, 0.2) is 36.4 Å². The van der Waals surface area contributed by atoms with Crippen molar-refractivity contribution in [2.45, 2.75) is 33.6 Å². The highest BCUT2D eigenvalue weighted by molar-refractivity contribution is 5.95. The van der Waals surface area contributed by atoms with Crippen LogP contribution in [0.4, 0.5) is 10.1 Å². The van der Waals surface area contributed by atoms with E-state index in [1.54, 1.807) is 12.1 Å². The monoisotopic (exact) mass is 342 g/mol. The number of rotatable bonds is 6. The maximum Gasteiger partial charge on any atom is 0.243 e. The topological polar surface area (TPSA) is 58.2 Å². The van der Waals surface area contributed by atoms with E-state index in [0.29, 0.717) is 6.42 Å². The Morgan fingerprint density at radius 1 is 0.960 bits per heavy atom. The number of hydrogen-bond donors (Lipinski definition) is 2. The Kier molecular flexibility index (Phi) is 6.28. The van der Waals surface area contributed by atoms with Crippen molar-refractivity contribution in [3.05, 3.63) is 64.5 Å². The molecule has 2 rings (SSSR count). The van der Waals surface area contributed by atoms with Crippen LogP contribution in [0.3, 0.4) is 0 Å². The maximum absolute atomic E-state index is 12.8. The molecule has 0 fully saturated rings. The zero-order valence-electron chi connectivity index (χ0n) is 14.8. The normalized spacial score (nSPS) is 10.4. The van der Waals surface area contributed by atoms with Crippen LogP contribution in [0.5, 0.6) is 0 Å². The molecule has 25 heavy (non-hydrogen) atoms. The van der Waals surface area contributed by atoms with Gasteiger partial charge < -0.3 is 10.6 Å². The van der Waals surface area contributed by atoms with Crippen molar-refractivity contribution < 1.29 is 14.0 Å². The van der Waals surface area contributed by atoms with E-state index < -0.39 is 0 Å². The average molecular weight is 342 g/mol. The number of carbonyl (C=O) groups is 2. The lowest BCUT2D eigenvalue weighted by molar-refractivity contribution is -0.124. The van der Waals surface area contributed by atoms with E-state index in [1.165, 1.54) is 12.1 Å². The second kappa shape index (κ2) is 8.42. The van der Waals surface area contributed by atoms with Gasteiger partial charge in [-0.25, -0.2) is 4.39 Å². The summed E-state index contributed by atoms with van der Waals surface area (Å²) in [6, 6.07) is 10.0. The number of hydrogen-bond acceptors (Lipinski definition) is 2. The predicted octanol–water partition coefficient (Wildman–Crippen LogP) is 3.44. The highest BCUT2D eigenvalue weighted by atomic mass is 19.1. The molecule has 2 N–H and O–H groups in total. The first-order valence-corrected chi connectivity index (χ1v) is 8.24. The second-order valence-corrected chi connectivity index (χ2v) is 6.23. The SMILES string of the molecule is Cc1cc(C)c(NC(=O)CNC(=O)CCc2ccc(F)cc2)c(C)c1. The first kappa shape index (κ1) is 18.6. The molecule has 0 radical (unpaired) electrons. The zero-order valence-corrected chi connectivity index (χ0v) is 14.8. The summed E-state index contributed by atoms with van der Waals surface area (Å²) in [5.74, 6) is -0.770. The fourth-order valence-electron chi connectivity index (χ4n) is 2.74. The standard InChI is InChI=1S/C20H23FN2O2/c1-13-10-14(2)20(15(3)11-13)23-19(25)12-22-18(24)9-6-16-4-7-17(21)8-5-16/h4-5,7-8,10-11H,6,9,12H2,1-3H3,(H,22,24)(H,23,25). The Morgan fingerprint density at radius 3 is 2.16 bits per heavy atom. The Morgan fingerprint density at radius 2 is 1.56 bits per heavy atom. The van der Waals surface area contributed by atoms with Crippen LogP contribution in [0.25, 0.3) is 0 Å². The van der Waals surface area contributed by atoms with Crippen molar-refractivity contribution in [1.29, 1.82) is 0 Å². The van der Waals surface area contributed by atoms with Gasteiger partial charge >= 0.3 is 0 Å². The van der Waals surface area contributed by atoms with E-state index in [0.717, 1.165) is 27.9 Å². The molecular weight excluding hydrogens is 319 g/mol. The Bertz CT molecular complexity index is 747. The molecule has 0 atom stereocenters. The summed E-state index contributed by atoms with van der Waals surface area (Å²) in [6.45, 7) is 5.82. The van der Waals surface area contributed by atoms with Crippen LogP contribution >= 0.6 is 0 Å². The summed E-state index contributed by atoms with van der Waals surface area (Å²) in [5.41, 5.74) is 4.80. The number of anilines is 1. The van der Waals surface area contributed by atoms with Gasteiger partial charge in [-0.05, 0) is 56.0 Å². The van der Waals surface area contributed by atoms with E-state index in [4.69, 9.17) is 0 Å². The van der Waals surface area contributed by atoms with Gasteiger partial charge in [-0.3, -0.25) is 9.59 Å². The quantitative estimate of drug-likeness (QED) is 0.845. The molecule has 0 spiro atoms. The number of nitrogens with one attached hydrogen (secondary N) is 2. The van der Waals surface area contributed by atoms with E-state index in [2.05, 4.69) is 10.6 Å². The van der Waals surface area contributed by atoms with E-state index >= 15 is 0 Å². The van der Waals surface area contributed by atoms with Crippen molar-refractivity contribution in [3.8, 4) is 0 Å². The summed E-state index contributed by atoms with van der Waals surface area (Å²) >= 11 is 0. The summed E-state index contributed by atoms with van der Waals surface area (Å²) in [4.78, 5) is 23.9. The molecule has 2 amide bonds. The summed E-state index contributed by atoms with van der Waals surface area (Å²) in [5, 5.41) is 5.46. The number of benzene rings is 2. The minimum atomic E-state index is -0.299. The van der Waals surface area contributed by atoms with Gasteiger partial charge in [0.1, 0.15) is 5.82 Å². The first-order valence-electron chi connectivity index (χ1n) is 8.24. The lowest BCUT2D eigenvalue weighted by atomic mass is 10.1. The number of aryl methyl sites for hydroxylation is 4. The maximum atomic E-state index is 12.8. The van der Waals surface area contributed by atoms with E-state index in [9.17, 15) is 14.0 Å². The van der Waals surface area contributed by atoms with Crippen molar-refractivity contribution in [3.63, 3.8) is 0 Å². The summed E-state index contributed by atoms with van der Waals surface area (Å²) in [7, 11) is 0. The molecule has 0 aliphatic carbocycles. The fourth-order valence-corrected chi connectivity index (χ4v) is 2.74. The molecule has 2 aromatic rings. The predicted molar refractivity (Wildman–Crippen MR) is 97.0 cm³/mol. The lowest BCUT2D eigenvalue weighted by Gasteiger charge is -2.13. The average Bonchev–Trinajstić information content (AvgIpc) is 2.55. The van der Waals surface area contributed by atoms with Crippen molar-refractivity contribution in [1.82, 2.24) is 5.32 Å². The first-order chi connectivity index (χ1) is 11.8. The molecule has 0 bridgehead atoms. The van der Waals surface area contributed by atoms with Crippen LogP contribution in [-0.4, -0.2) is 18.4 Å². The fraction of sp³-hybridized carbons (Fsp3) is 0.300. The van der Waals surface area contributed by atoms with Gasteiger partial charge in [-0.2, -0.15) is 0 Å². The molecule has 0 saturated carbocycles. The minimum absolute atomic E-state index is 0.0744. The highest BCUT2D eigenvalue weighted by Gasteiger charge is 2.10. The molecule has 0 saturated heterocycles. The van der Waals surface area contributed by atoms with Crippen molar-refractivity contribution in [2.24, 2.45) is 0 Å². The van der Waals surface area contributed by atoms with Gasteiger partial charge in [0, 0.05) is 12.1 Å². The van der Waals surface area contributed by atoms with Crippen LogP contribution in [0, 0.1) is 26.6 Å². The van der Waals surface area contributed by atoms with Gasteiger partial charge in [-0.15, -0.1) is 0 Å². The smallest absolute Gasteiger partial charge is 0.243 e. The largest absolute Gasteiger partial charge is 0.347 e. The lowest BCUT2D eigenvalue weighted by Crippen LogP contribution is -2.33. The number of amides is 2. The minimum Gasteiger partial charge on any atom is -0.347 e. The third kappa shape index (κ3) is 5.71. The Balaban J connectivity index is 1.79. The van der Waals surface area contributed by atoms with Crippen LogP contribution in [0.1, 0.15) is 28.7 Å². The van der Waals surface area contributed by atoms with Gasteiger partial charge in [0.15, 0.2) is 0 Å². The Labute approximate surface area is 147 Å². The molecule has 0 unspecified atom stereocenters. The van der Waals surface area contributed by atoms with Crippen LogP contribution < -0.4 is 10.6 Å². The molecule has 0 aliphatic rings. The summed E-state index contributed by atoms with van der Waals surface area (Å²) in [6.07, 6.45) is 0.755. The molecule has 0 heterocycles. The van der Waals surface area contributed by atoms with E-state index in [-0.39, 0.29) is 30.6 Å². The van der Waals surface area contributed by atoms with Crippen molar-refractivity contribution >= 4 is 17.5 Å². The third-order valence-corrected chi connectivity index (χ3v) is 3.94. The molecule has 4 nitrogen and oxygen atoms in total. The molecule has 0 aliphatic heterocycles. The molecule has 132 valence electrons. The Hall–Kier alpha value is -2.69. The van der Waals surface area contributed by atoms with E-state index in [1.807, 2.05) is 32.9 Å². The molecule has 0 aromatic heterocycles.